The van der Waals surface area contributed by atoms with Gasteiger partial charge in [-0.3, -0.25) is 14.4 Å². The zero-order valence-corrected chi connectivity index (χ0v) is 16.6. The summed E-state index contributed by atoms with van der Waals surface area (Å²) in [7, 11) is 3.37. The number of aliphatic hydroxyl groups is 1. The third kappa shape index (κ3) is 2.87. The van der Waals surface area contributed by atoms with Gasteiger partial charge in [0.25, 0.3) is 5.56 Å². The normalized spacial score (nSPS) is 29.5. The molecule has 2 aliphatic heterocycles. The number of nitrogens with zero attached hydrogens (tertiary/aromatic N) is 3. The van der Waals surface area contributed by atoms with E-state index in [1.54, 1.807) is 29.6 Å². The molecule has 3 heterocycles. The Balaban J connectivity index is 1.80. The predicted molar refractivity (Wildman–Crippen MR) is 103 cm³/mol. The molecule has 0 unspecified atom stereocenters. The van der Waals surface area contributed by atoms with Gasteiger partial charge in [0.05, 0.1) is 6.04 Å². The second-order valence-electron chi connectivity index (χ2n) is 8.61. The number of aromatic nitrogens is 1. The van der Waals surface area contributed by atoms with Crippen molar-refractivity contribution in [3.05, 3.63) is 34.2 Å². The SMILES string of the molecule is CN(C)C(=O)[C@H]1[C@H](CO)[C@H]2Cn3c(cccc3=O)[C@H]2N1C(=O)C1CCCCC1. The van der Waals surface area contributed by atoms with Crippen LogP contribution >= 0.6 is 0 Å². The van der Waals surface area contributed by atoms with Gasteiger partial charge in [0.2, 0.25) is 11.8 Å². The van der Waals surface area contributed by atoms with Gasteiger partial charge in [-0.25, -0.2) is 0 Å². The first-order valence-corrected chi connectivity index (χ1v) is 10.3. The second-order valence-corrected chi connectivity index (χ2v) is 8.61. The molecule has 4 rings (SSSR count). The van der Waals surface area contributed by atoms with E-state index < -0.39 is 6.04 Å². The number of likely N-dealkylation sites (N-methyl/N-ethyl adjacent to an activating group) is 1. The predicted octanol–water partition coefficient (Wildman–Crippen LogP) is 1.01. The second kappa shape index (κ2) is 7.35. The molecule has 2 fully saturated rings. The van der Waals surface area contributed by atoms with Crippen LogP contribution in [0.4, 0.5) is 0 Å². The summed E-state index contributed by atoms with van der Waals surface area (Å²) >= 11 is 0. The quantitative estimate of drug-likeness (QED) is 0.839. The van der Waals surface area contributed by atoms with Gasteiger partial charge >= 0.3 is 0 Å². The van der Waals surface area contributed by atoms with E-state index in [1.807, 2.05) is 6.07 Å². The summed E-state index contributed by atoms with van der Waals surface area (Å²) in [6, 6.07) is 4.12. The zero-order chi connectivity index (χ0) is 20.0. The number of carbonyl (C=O) groups excluding carboxylic acids is 2. The lowest BCUT2D eigenvalue weighted by Crippen LogP contribution is -2.51. The average Bonchev–Trinajstić information content (AvgIpc) is 3.22. The number of rotatable bonds is 3. The summed E-state index contributed by atoms with van der Waals surface area (Å²) in [5.41, 5.74) is 0.693. The lowest BCUT2D eigenvalue weighted by Gasteiger charge is -2.35. The van der Waals surface area contributed by atoms with Gasteiger partial charge in [-0.1, -0.05) is 25.3 Å². The van der Waals surface area contributed by atoms with Crippen LogP contribution in [0.3, 0.4) is 0 Å². The molecule has 0 radical (unpaired) electrons. The Bertz CT molecular complexity index is 827. The Morgan fingerprint density at radius 3 is 2.54 bits per heavy atom. The maximum absolute atomic E-state index is 13.6. The van der Waals surface area contributed by atoms with Crippen molar-refractivity contribution in [2.24, 2.45) is 17.8 Å². The molecular weight excluding hydrogens is 358 g/mol. The Morgan fingerprint density at radius 2 is 1.89 bits per heavy atom. The number of hydrogen-bond donors (Lipinski definition) is 1. The highest BCUT2D eigenvalue weighted by atomic mass is 16.3. The highest BCUT2D eigenvalue weighted by molar-refractivity contribution is 5.90. The van der Waals surface area contributed by atoms with Crippen LogP contribution in [-0.4, -0.2) is 58.0 Å². The number of pyridine rings is 1. The fourth-order valence-electron chi connectivity index (χ4n) is 5.49. The molecule has 1 aliphatic carbocycles. The van der Waals surface area contributed by atoms with E-state index >= 15 is 0 Å². The van der Waals surface area contributed by atoms with Gasteiger partial charge in [-0.05, 0) is 18.9 Å². The van der Waals surface area contributed by atoms with Crippen LogP contribution in [0.15, 0.2) is 23.0 Å². The average molecular weight is 387 g/mol. The van der Waals surface area contributed by atoms with Crippen LogP contribution in [0.5, 0.6) is 0 Å². The highest BCUT2D eigenvalue weighted by Crippen LogP contribution is 2.50. The van der Waals surface area contributed by atoms with Gasteiger partial charge in [-0.2, -0.15) is 0 Å². The maximum atomic E-state index is 13.6. The fourth-order valence-corrected chi connectivity index (χ4v) is 5.49. The highest BCUT2D eigenvalue weighted by Gasteiger charge is 2.58. The number of aliphatic hydroxyl groups excluding tert-OH is 1. The minimum atomic E-state index is -0.673. The van der Waals surface area contributed by atoms with Crippen molar-refractivity contribution in [1.29, 1.82) is 0 Å². The van der Waals surface area contributed by atoms with E-state index in [4.69, 9.17) is 0 Å². The van der Waals surface area contributed by atoms with Gasteiger partial charge in [0.1, 0.15) is 6.04 Å². The fraction of sp³-hybridized carbons (Fsp3) is 0.667. The number of carbonyl (C=O) groups is 2. The Morgan fingerprint density at radius 1 is 1.18 bits per heavy atom. The van der Waals surface area contributed by atoms with Crippen molar-refractivity contribution < 1.29 is 14.7 Å². The number of likely N-dealkylation sites (tertiary alicyclic amines) is 1. The van der Waals surface area contributed by atoms with Crippen molar-refractivity contribution in [1.82, 2.24) is 14.4 Å². The van der Waals surface area contributed by atoms with Crippen molar-refractivity contribution in [2.45, 2.75) is 50.7 Å². The first kappa shape index (κ1) is 19.2. The van der Waals surface area contributed by atoms with Crippen LogP contribution in [0.25, 0.3) is 0 Å². The van der Waals surface area contributed by atoms with Gasteiger partial charge in [-0.15, -0.1) is 0 Å². The molecule has 4 atom stereocenters. The molecule has 7 nitrogen and oxygen atoms in total. The Labute approximate surface area is 164 Å². The Hall–Kier alpha value is -2.15. The first-order chi connectivity index (χ1) is 13.5. The molecule has 0 spiro atoms. The molecule has 0 aromatic carbocycles. The van der Waals surface area contributed by atoms with Gasteiger partial charge in [0, 0.05) is 56.8 Å². The zero-order valence-electron chi connectivity index (χ0n) is 16.6. The third-order valence-corrected chi connectivity index (χ3v) is 6.85. The van der Waals surface area contributed by atoms with Gasteiger partial charge < -0.3 is 19.5 Å². The molecule has 1 aromatic heterocycles. The summed E-state index contributed by atoms with van der Waals surface area (Å²) in [6.45, 7) is 0.263. The van der Waals surface area contributed by atoms with E-state index in [2.05, 4.69) is 0 Å². The van der Waals surface area contributed by atoms with E-state index in [0.29, 0.717) is 6.54 Å². The summed E-state index contributed by atoms with van der Waals surface area (Å²) < 4.78 is 1.70. The molecule has 0 bridgehead atoms. The minimum Gasteiger partial charge on any atom is -0.396 e. The van der Waals surface area contributed by atoms with Crippen LogP contribution in [0.2, 0.25) is 0 Å². The largest absolute Gasteiger partial charge is 0.396 e. The molecule has 3 aliphatic rings. The van der Waals surface area contributed by atoms with Crippen molar-refractivity contribution in [3.8, 4) is 0 Å². The summed E-state index contributed by atoms with van der Waals surface area (Å²) in [5, 5.41) is 10.2. The molecule has 1 saturated heterocycles. The monoisotopic (exact) mass is 387 g/mol. The lowest BCUT2D eigenvalue weighted by molar-refractivity contribution is -0.148. The van der Waals surface area contributed by atoms with Crippen LogP contribution in [-0.2, 0) is 16.1 Å². The van der Waals surface area contributed by atoms with Crippen LogP contribution in [0.1, 0.15) is 43.8 Å². The van der Waals surface area contributed by atoms with E-state index in [0.717, 1.165) is 37.8 Å². The van der Waals surface area contributed by atoms with Crippen molar-refractivity contribution in [2.75, 3.05) is 20.7 Å². The van der Waals surface area contributed by atoms with Crippen LogP contribution in [0, 0.1) is 17.8 Å². The molecule has 2 amide bonds. The van der Waals surface area contributed by atoms with Crippen molar-refractivity contribution in [3.63, 3.8) is 0 Å². The molecule has 152 valence electrons. The van der Waals surface area contributed by atoms with E-state index in [9.17, 15) is 19.5 Å². The van der Waals surface area contributed by atoms with Gasteiger partial charge in [0.15, 0.2) is 0 Å². The topological polar surface area (TPSA) is 82.8 Å². The van der Waals surface area contributed by atoms with Crippen molar-refractivity contribution >= 4 is 11.8 Å². The Kier molecular flexibility index (Phi) is 5.04. The molecule has 7 heteroatoms. The summed E-state index contributed by atoms with van der Waals surface area (Å²) in [6.07, 6.45) is 4.91. The minimum absolute atomic E-state index is 0.00982. The standard InChI is InChI=1S/C21H29N3O4/c1-22(2)21(28)19-15(12-25)14-11-23-16(9-6-10-17(23)26)18(14)24(19)20(27)13-7-4-3-5-8-13/h6,9-10,13-15,18-19,25H,3-5,7-8,11-12H2,1-2H3/t14-,15-,18+,19-/m1/s1. The smallest absolute Gasteiger partial charge is 0.250 e. The molecule has 1 aromatic rings. The molecule has 1 N–H and O–H groups in total. The number of fused-ring (bicyclic) bond motifs is 3. The number of hydrogen-bond acceptors (Lipinski definition) is 4. The summed E-state index contributed by atoms with van der Waals surface area (Å²) in [5.74, 6) is -0.708. The molecule has 28 heavy (non-hydrogen) atoms. The first-order valence-electron chi connectivity index (χ1n) is 10.3. The van der Waals surface area contributed by atoms with E-state index in [1.165, 1.54) is 11.0 Å². The molecule has 1 saturated carbocycles. The van der Waals surface area contributed by atoms with Crippen LogP contribution < -0.4 is 5.56 Å². The summed E-state index contributed by atoms with van der Waals surface area (Å²) in [4.78, 5) is 42.3. The molecular formula is C21H29N3O4. The maximum Gasteiger partial charge on any atom is 0.250 e. The van der Waals surface area contributed by atoms with E-state index in [-0.39, 0.29) is 47.8 Å². The lowest BCUT2D eigenvalue weighted by atomic mass is 9.87. The third-order valence-electron chi connectivity index (χ3n) is 6.85. The number of amides is 2.